The van der Waals surface area contributed by atoms with Crippen molar-refractivity contribution in [2.45, 2.75) is 45.0 Å². The van der Waals surface area contributed by atoms with E-state index in [0.717, 1.165) is 0 Å². The number of carboxylic acid groups (broad SMARTS) is 1. The Hall–Kier alpha value is -1.83. The van der Waals surface area contributed by atoms with Crippen molar-refractivity contribution in [3.8, 4) is 0 Å². The molecule has 4 N–H and O–H groups in total. The first-order valence-electron chi connectivity index (χ1n) is 7.32. The van der Waals surface area contributed by atoms with Crippen LogP contribution in [-0.4, -0.2) is 45.6 Å². The van der Waals surface area contributed by atoms with Crippen LogP contribution in [-0.2, 0) is 16.0 Å². The summed E-state index contributed by atoms with van der Waals surface area (Å²) >= 11 is 5.98. The third kappa shape index (κ3) is 6.74. The van der Waals surface area contributed by atoms with E-state index in [-0.39, 0.29) is 18.0 Å². The number of hydrogen-bond donors (Lipinski definition) is 4. The summed E-state index contributed by atoms with van der Waals surface area (Å²) in [5, 5.41) is 31.4. The molecule has 0 radical (unpaired) electrons. The number of benzene rings is 1. The second kappa shape index (κ2) is 8.32. The SMILES string of the molecule is CC(C)(C)OC(=O)NCC(O)C(O)c1ccc(CC(=O)O)c(Cl)c1. The van der Waals surface area contributed by atoms with E-state index < -0.39 is 29.9 Å². The Labute approximate surface area is 145 Å². The first-order chi connectivity index (χ1) is 11.0. The number of aliphatic hydroxyl groups is 2. The molecule has 0 heterocycles. The molecule has 7 nitrogen and oxygen atoms in total. The third-order valence-electron chi connectivity index (χ3n) is 2.98. The van der Waals surface area contributed by atoms with E-state index in [4.69, 9.17) is 21.4 Å². The molecule has 0 aromatic heterocycles. The van der Waals surface area contributed by atoms with Gasteiger partial charge in [-0.05, 0) is 38.0 Å². The van der Waals surface area contributed by atoms with Gasteiger partial charge in [0.15, 0.2) is 0 Å². The van der Waals surface area contributed by atoms with Crippen LogP contribution in [0.1, 0.15) is 38.0 Å². The van der Waals surface area contributed by atoms with E-state index in [9.17, 15) is 19.8 Å². The van der Waals surface area contributed by atoms with Crippen LogP contribution in [0.3, 0.4) is 0 Å². The number of rotatable bonds is 6. The van der Waals surface area contributed by atoms with Gasteiger partial charge in [-0.2, -0.15) is 0 Å². The van der Waals surface area contributed by atoms with Crippen molar-refractivity contribution in [1.82, 2.24) is 5.32 Å². The number of carbonyl (C=O) groups excluding carboxylic acids is 1. The number of hydrogen-bond acceptors (Lipinski definition) is 5. The third-order valence-corrected chi connectivity index (χ3v) is 3.33. The first-order valence-corrected chi connectivity index (χ1v) is 7.70. The number of nitrogens with one attached hydrogen (secondary N) is 1. The molecule has 0 bridgehead atoms. The fourth-order valence-electron chi connectivity index (χ4n) is 1.89. The highest BCUT2D eigenvalue weighted by Crippen LogP contribution is 2.24. The van der Waals surface area contributed by atoms with E-state index in [1.807, 2.05) is 0 Å². The number of aliphatic hydroxyl groups excluding tert-OH is 2. The molecule has 1 aromatic carbocycles. The molecule has 24 heavy (non-hydrogen) atoms. The summed E-state index contributed by atoms with van der Waals surface area (Å²) in [5.74, 6) is -1.02. The van der Waals surface area contributed by atoms with Gasteiger partial charge in [0.05, 0.1) is 6.42 Å². The topological polar surface area (TPSA) is 116 Å². The molecule has 1 amide bonds. The van der Waals surface area contributed by atoms with Crippen LogP contribution < -0.4 is 5.32 Å². The summed E-state index contributed by atoms with van der Waals surface area (Å²) in [5.41, 5.74) is 0.0512. The van der Waals surface area contributed by atoms with Crippen LogP contribution in [0.25, 0.3) is 0 Å². The highest BCUT2D eigenvalue weighted by atomic mass is 35.5. The van der Waals surface area contributed by atoms with Crippen LogP contribution in [0.5, 0.6) is 0 Å². The number of halogens is 1. The lowest BCUT2D eigenvalue weighted by molar-refractivity contribution is -0.136. The normalized spacial score (nSPS) is 13.9. The van der Waals surface area contributed by atoms with Crippen molar-refractivity contribution in [2.75, 3.05) is 6.54 Å². The van der Waals surface area contributed by atoms with Crippen LogP contribution in [0, 0.1) is 0 Å². The van der Waals surface area contributed by atoms with Gasteiger partial charge in [-0.25, -0.2) is 4.79 Å². The average Bonchev–Trinajstić information content (AvgIpc) is 2.44. The fourth-order valence-corrected chi connectivity index (χ4v) is 2.15. The summed E-state index contributed by atoms with van der Waals surface area (Å²) in [6.07, 6.45) is -3.52. The predicted octanol–water partition coefficient (Wildman–Crippen LogP) is 1.89. The van der Waals surface area contributed by atoms with Crippen molar-refractivity contribution >= 4 is 23.7 Å². The molecule has 8 heteroatoms. The number of carboxylic acids is 1. The van der Waals surface area contributed by atoms with E-state index in [1.165, 1.54) is 18.2 Å². The number of amides is 1. The minimum Gasteiger partial charge on any atom is -0.481 e. The van der Waals surface area contributed by atoms with Gasteiger partial charge in [0.1, 0.15) is 17.8 Å². The van der Waals surface area contributed by atoms with Crippen molar-refractivity contribution in [3.63, 3.8) is 0 Å². The Morgan fingerprint density at radius 2 is 1.92 bits per heavy atom. The monoisotopic (exact) mass is 359 g/mol. The Morgan fingerprint density at radius 1 is 1.29 bits per heavy atom. The second-order valence-corrected chi connectivity index (χ2v) is 6.72. The zero-order valence-electron chi connectivity index (χ0n) is 13.7. The van der Waals surface area contributed by atoms with Gasteiger partial charge in [0.25, 0.3) is 0 Å². The number of carbonyl (C=O) groups is 2. The van der Waals surface area contributed by atoms with Gasteiger partial charge in [-0.1, -0.05) is 23.7 Å². The summed E-state index contributed by atoms with van der Waals surface area (Å²) in [4.78, 5) is 22.2. The lowest BCUT2D eigenvalue weighted by Gasteiger charge is -2.22. The molecule has 0 aliphatic carbocycles. The Kier molecular flexibility index (Phi) is 7.01. The summed E-state index contributed by atoms with van der Waals surface area (Å²) in [7, 11) is 0. The van der Waals surface area contributed by atoms with Crippen LogP contribution in [0.15, 0.2) is 18.2 Å². The van der Waals surface area contributed by atoms with Crippen LogP contribution in [0.4, 0.5) is 4.79 Å². The van der Waals surface area contributed by atoms with Gasteiger partial charge in [0.2, 0.25) is 0 Å². The largest absolute Gasteiger partial charge is 0.481 e. The molecule has 0 saturated carbocycles. The molecule has 2 atom stereocenters. The van der Waals surface area contributed by atoms with Crippen LogP contribution >= 0.6 is 11.6 Å². The summed E-state index contributed by atoms with van der Waals surface area (Å²) in [6.45, 7) is 4.90. The lowest BCUT2D eigenvalue weighted by atomic mass is 10.0. The summed E-state index contributed by atoms with van der Waals surface area (Å²) < 4.78 is 5.03. The lowest BCUT2D eigenvalue weighted by Crippen LogP contribution is -2.38. The maximum absolute atomic E-state index is 11.5. The molecular formula is C16H22ClNO6. The fraction of sp³-hybridized carbons (Fsp3) is 0.500. The van der Waals surface area contributed by atoms with Gasteiger partial charge >= 0.3 is 12.1 Å². The minimum atomic E-state index is -1.30. The number of aliphatic carboxylic acids is 1. The molecule has 0 fully saturated rings. The van der Waals surface area contributed by atoms with Crippen molar-refractivity contribution in [3.05, 3.63) is 34.3 Å². The first kappa shape index (κ1) is 20.2. The Balaban J connectivity index is 2.65. The summed E-state index contributed by atoms with van der Waals surface area (Å²) in [6, 6.07) is 4.34. The minimum absolute atomic E-state index is 0.182. The molecule has 1 aromatic rings. The van der Waals surface area contributed by atoms with Crippen LogP contribution in [0.2, 0.25) is 5.02 Å². The molecule has 0 saturated heterocycles. The Morgan fingerprint density at radius 3 is 2.42 bits per heavy atom. The maximum Gasteiger partial charge on any atom is 0.407 e. The molecule has 0 spiro atoms. The van der Waals surface area contributed by atoms with E-state index in [1.54, 1.807) is 20.8 Å². The highest BCUT2D eigenvalue weighted by molar-refractivity contribution is 6.31. The maximum atomic E-state index is 11.5. The van der Waals surface area contributed by atoms with Crippen molar-refractivity contribution in [1.29, 1.82) is 0 Å². The molecule has 134 valence electrons. The van der Waals surface area contributed by atoms with E-state index in [0.29, 0.717) is 11.1 Å². The van der Waals surface area contributed by atoms with Gasteiger partial charge < -0.3 is 25.4 Å². The number of alkyl carbamates (subject to hydrolysis) is 1. The predicted molar refractivity (Wildman–Crippen MR) is 88.0 cm³/mol. The molecule has 2 unspecified atom stereocenters. The van der Waals surface area contributed by atoms with Gasteiger partial charge in [-0.15, -0.1) is 0 Å². The zero-order chi connectivity index (χ0) is 18.5. The molecule has 0 aliphatic heterocycles. The second-order valence-electron chi connectivity index (χ2n) is 6.32. The van der Waals surface area contributed by atoms with E-state index in [2.05, 4.69) is 5.32 Å². The molecular weight excluding hydrogens is 338 g/mol. The quantitative estimate of drug-likeness (QED) is 0.616. The standard InChI is InChI=1S/C16H22ClNO6/c1-16(2,3)24-15(23)18-8-12(19)14(22)10-5-4-9(7-13(20)21)11(17)6-10/h4-6,12,14,19,22H,7-8H2,1-3H3,(H,18,23)(H,20,21). The van der Waals surface area contributed by atoms with Gasteiger partial charge in [-0.3, -0.25) is 4.79 Å². The van der Waals surface area contributed by atoms with Crippen molar-refractivity contribution < 1.29 is 29.6 Å². The molecule has 0 aliphatic rings. The Bertz CT molecular complexity index is 599. The molecule has 1 rings (SSSR count). The zero-order valence-corrected chi connectivity index (χ0v) is 14.5. The highest BCUT2D eigenvalue weighted by Gasteiger charge is 2.22. The smallest absolute Gasteiger partial charge is 0.407 e. The van der Waals surface area contributed by atoms with E-state index >= 15 is 0 Å². The van der Waals surface area contributed by atoms with Gasteiger partial charge in [0, 0.05) is 11.6 Å². The average molecular weight is 360 g/mol. The van der Waals surface area contributed by atoms with Crippen molar-refractivity contribution in [2.24, 2.45) is 0 Å². The number of ether oxygens (including phenoxy) is 1.